The Labute approximate surface area is 107 Å². The number of ether oxygens (including phenoxy) is 1. The number of nitrogens with two attached hydrogens (primary N) is 1. The lowest BCUT2D eigenvalue weighted by molar-refractivity contribution is 0.00602. The van der Waals surface area contributed by atoms with Crippen LogP contribution in [0.2, 0.25) is 0 Å². The fourth-order valence-electron chi connectivity index (χ4n) is 1.97. The fourth-order valence-corrected chi connectivity index (χ4v) is 2.11. The van der Waals surface area contributed by atoms with Crippen LogP contribution in [0, 0.1) is 6.92 Å². The number of thiocarbonyl (C=S) groups is 1. The van der Waals surface area contributed by atoms with Crippen molar-refractivity contribution < 1.29 is 4.74 Å². The highest BCUT2D eigenvalue weighted by molar-refractivity contribution is 7.80. The Morgan fingerprint density at radius 2 is 2.47 bits per heavy atom. The summed E-state index contributed by atoms with van der Waals surface area (Å²) in [4.78, 5) is 6.98. The predicted molar refractivity (Wildman–Crippen MR) is 69.9 cm³/mol. The van der Waals surface area contributed by atoms with Gasteiger partial charge < -0.3 is 15.0 Å². The molecule has 2 N–H and O–H groups in total. The molecular formula is C11H18N4OS. The molecule has 2 rings (SSSR count). The van der Waals surface area contributed by atoms with E-state index in [1.165, 1.54) is 0 Å². The van der Waals surface area contributed by atoms with E-state index in [0.717, 1.165) is 32.0 Å². The van der Waals surface area contributed by atoms with Crippen LogP contribution in [0.4, 0.5) is 0 Å². The van der Waals surface area contributed by atoms with Crippen molar-refractivity contribution in [2.45, 2.75) is 19.6 Å². The average Bonchev–Trinajstić information content (AvgIpc) is 2.72. The minimum atomic E-state index is -0.0948. The molecule has 6 heteroatoms. The summed E-state index contributed by atoms with van der Waals surface area (Å²) in [6.45, 7) is 6.35. The minimum absolute atomic E-state index is 0.0948. The highest BCUT2D eigenvalue weighted by atomic mass is 32.1. The number of morpholine rings is 1. The normalized spacial score (nSPS) is 21.6. The topological polar surface area (TPSA) is 56.3 Å². The molecule has 0 spiro atoms. The van der Waals surface area contributed by atoms with E-state index in [1.54, 1.807) is 0 Å². The van der Waals surface area contributed by atoms with E-state index >= 15 is 0 Å². The first-order valence-corrected chi connectivity index (χ1v) is 6.18. The Morgan fingerprint density at radius 3 is 3.12 bits per heavy atom. The fraction of sp³-hybridized carbons (Fsp3) is 0.636. The second kappa shape index (κ2) is 5.57. The van der Waals surface area contributed by atoms with Crippen LogP contribution in [0.3, 0.4) is 0 Å². The molecule has 0 aliphatic carbocycles. The molecule has 5 nitrogen and oxygen atoms in total. The van der Waals surface area contributed by atoms with E-state index in [-0.39, 0.29) is 6.10 Å². The Balaban J connectivity index is 1.83. The zero-order chi connectivity index (χ0) is 12.3. The molecule has 1 aromatic rings. The van der Waals surface area contributed by atoms with Crippen LogP contribution >= 0.6 is 12.2 Å². The van der Waals surface area contributed by atoms with E-state index in [4.69, 9.17) is 22.7 Å². The van der Waals surface area contributed by atoms with Gasteiger partial charge in [0.15, 0.2) is 0 Å². The van der Waals surface area contributed by atoms with E-state index in [1.807, 2.05) is 19.3 Å². The van der Waals surface area contributed by atoms with Crippen molar-refractivity contribution in [1.82, 2.24) is 14.5 Å². The Bertz CT molecular complexity index is 393. The lowest BCUT2D eigenvalue weighted by Gasteiger charge is -2.32. The van der Waals surface area contributed by atoms with Crippen LogP contribution in [0.15, 0.2) is 12.4 Å². The summed E-state index contributed by atoms with van der Waals surface area (Å²) in [6, 6.07) is 0. The average molecular weight is 254 g/mol. The second-order valence-corrected chi connectivity index (χ2v) is 4.70. The van der Waals surface area contributed by atoms with Gasteiger partial charge in [-0.25, -0.2) is 4.98 Å². The van der Waals surface area contributed by atoms with Crippen LogP contribution in [0.1, 0.15) is 5.82 Å². The summed E-state index contributed by atoms with van der Waals surface area (Å²) in [5.41, 5.74) is 5.61. The molecule has 1 saturated heterocycles. The van der Waals surface area contributed by atoms with Gasteiger partial charge in [-0.05, 0) is 6.92 Å². The summed E-state index contributed by atoms with van der Waals surface area (Å²) in [7, 11) is 0. The maximum atomic E-state index is 5.61. The van der Waals surface area contributed by atoms with Crippen molar-refractivity contribution >= 4 is 17.2 Å². The molecule has 1 atom stereocenters. The zero-order valence-electron chi connectivity index (χ0n) is 10.0. The zero-order valence-corrected chi connectivity index (χ0v) is 10.8. The van der Waals surface area contributed by atoms with Gasteiger partial charge in [-0.2, -0.15) is 0 Å². The molecule has 1 aliphatic rings. The molecular weight excluding hydrogens is 236 g/mol. The lowest BCUT2D eigenvalue weighted by atomic mass is 10.2. The van der Waals surface area contributed by atoms with Gasteiger partial charge in [-0.3, -0.25) is 4.90 Å². The first-order valence-electron chi connectivity index (χ1n) is 5.78. The Kier molecular flexibility index (Phi) is 4.09. The van der Waals surface area contributed by atoms with Gasteiger partial charge in [0, 0.05) is 38.6 Å². The first kappa shape index (κ1) is 12.5. The lowest BCUT2D eigenvalue weighted by Crippen LogP contribution is -2.48. The number of nitrogens with zero attached hydrogens (tertiary/aromatic N) is 3. The maximum Gasteiger partial charge on any atom is 0.120 e. The van der Waals surface area contributed by atoms with E-state index in [2.05, 4.69) is 14.5 Å². The van der Waals surface area contributed by atoms with Gasteiger partial charge in [0.25, 0.3) is 0 Å². The molecule has 0 saturated carbocycles. The van der Waals surface area contributed by atoms with Crippen molar-refractivity contribution in [3.63, 3.8) is 0 Å². The van der Waals surface area contributed by atoms with Crippen molar-refractivity contribution in [1.29, 1.82) is 0 Å². The highest BCUT2D eigenvalue weighted by Crippen LogP contribution is 2.06. The molecule has 2 heterocycles. The van der Waals surface area contributed by atoms with Crippen molar-refractivity contribution in [2.75, 3.05) is 26.2 Å². The third kappa shape index (κ3) is 3.24. The highest BCUT2D eigenvalue weighted by Gasteiger charge is 2.22. The standard InChI is InChI=1S/C11H18N4OS/c1-9-13-2-3-15(9)5-4-14-6-7-16-10(8-14)11(12)17/h2-3,10H,4-8H2,1H3,(H2,12,17). The number of aryl methyl sites for hydroxylation is 1. The van der Waals surface area contributed by atoms with Gasteiger partial charge in [-0.1, -0.05) is 12.2 Å². The largest absolute Gasteiger partial charge is 0.391 e. The molecule has 1 unspecified atom stereocenters. The number of hydrogen-bond donors (Lipinski definition) is 1. The number of hydrogen-bond acceptors (Lipinski definition) is 4. The Morgan fingerprint density at radius 1 is 1.65 bits per heavy atom. The number of aromatic nitrogens is 2. The first-order chi connectivity index (χ1) is 8.16. The van der Waals surface area contributed by atoms with Crippen LogP contribution in [0.25, 0.3) is 0 Å². The van der Waals surface area contributed by atoms with Gasteiger partial charge in [-0.15, -0.1) is 0 Å². The second-order valence-electron chi connectivity index (χ2n) is 4.23. The molecule has 0 aromatic carbocycles. The van der Waals surface area contributed by atoms with Crippen LogP contribution in [-0.4, -0.2) is 51.8 Å². The molecule has 0 bridgehead atoms. The van der Waals surface area contributed by atoms with Crippen molar-refractivity contribution in [3.8, 4) is 0 Å². The predicted octanol–water partition coefficient (Wildman–Crippen LogP) is 0.178. The van der Waals surface area contributed by atoms with E-state index in [9.17, 15) is 0 Å². The summed E-state index contributed by atoms with van der Waals surface area (Å²) in [6.07, 6.45) is 3.73. The van der Waals surface area contributed by atoms with Gasteiger partial charge >= 0.3 is 0 Å². The van der Waals surface area contributed by atoms with E-state index < -0.39 is 0 Å². The van der Waals surface area contributed by atoms with Crippen molar-refractivity contribution in [3.05, 3.63) is 18.2 Å². The Hall–Kier alpha value is -0.980. The molecule has 0 radical (unpaired) electrons. The minimum Gasteiger partial charge on any atom is -0.391 e. The van der Waals surface area contributed by atoms with E-state index in [0.29, 0.717) is 11.6 Å². The SMILES string of the molecule is Cc1nccn1CCN1CCOC(C(N)=S)C1. The quantitative estimate of drug-likeness (QED) is 0.777. The molecule has 1 aliphatic heterocycles. The molecule has 0 amide bonds. The van der Waals surface area contributed by atoms with Crippen LogP contribution in [-0.2, 0) is 11.3 Å². The van der Waals surface area contributed by atoms with Crippen LogP contribution in [0.5, 0.6) is 0 Å². The molecule has 1 aromatic heterocycles. The number of imidazole rings is 1. The van der Waals surface area contributed by atoms with Gasteiger partial charge in [0.05, 0.1) is 6.61 Å². The molecule has 94 valence electrons. The summed E-state index contributed by atoms with van der Waals surface area (Å²) < 4.78 is 7.65. The molecule has 17 heavy (non-hydrogen) atoms. The summed E-state index contributed by atoms with van der Waals surface area (Å²) in [5, 5.41) is 0. The third-order valence-electron chi connectivity index (χ3n) is 3.05. The maximum absolute atomic E-state index is 5.61. The number of rotatable bonds is 4. The monoisotopic (exact) mass is 254 g/mol. The van der Waals surface area contributed by atoms with Crippen molar-refractivity contribution in [2.24, 2.45) is 5.73 Å². The smallest absolute Gasteiger partial charge is 0.120 e. The summed E-state index contributed by atoms with van der Waals surface area (Å²) in [5.74, 6) is 1.05. The molecule has 1 fully saturated rings. The third-order valence-corrected chi connectivity index (χ3v) is 3.31. The summed E-state index contributed by atoms with van der Waals surface area (Å²) >= 11 is 4.96. The van der Waals surface area contributed by atoms with Crippen LogP contribution < -0.4 is 5.73 Å². The van der Waals surface area contributed by atoms with Gasteiger partial charge in [0.2, 0.25) is 0 Å². The van der Waals surface area contributed by atoms with Gasteiger partial charge in [0.1, 0.15) is 16.9 Å².